The van der Waals surface area contributed by atoms with Crippen molar-refractivity contribution in [2.24, 2.45) is 5.92 Å². The van der Waals surface area contributed by atoms with Gasteiger partial charge in [0.2, 0.25) is 0 Å². The van der Waals surface area contributed by atoms with E-state index in [0.29, 0.717) is 5.56 Å². The zero-order valence-electron chi connectivity index (χ0n) is 12.0. The summed E-state index contributed by atoms with van der Waals surface area (Å²) in [6, 6.07) is 7.98. The van der Waals surface area contributed by atoms with Crippen molar-refractivity contribution in [1.82, 2.24) is 5.16 Å². The fraction of sp³-hybridized carbons (Fsp3) is 0.333. The summed E-state index contributed by atoms with van der Waals surface area (Å²) in [5, 5.41) is 3.54. The second kappa shape index (κ2) is 6.21. The highest BCUT2D eigenvalue weighted by atomic mass is 19.4. The summed E-state index contributed by atoms with van der Waals surface area (Å²) in [6.45, 7) is 2.95. The standard InChI is InChI=1S/C15H14F3NO3/c1-9-13(10(2)22-19-9)21-14(20)12(15(16,17)18)8-11-6-4-3-5-7-11/h3-7,12H,8H2,1-2H3/t12-/m1/s1. The SMILES string of the molecule is Cc1noc(C)c1OC(=O)[C@@H](Cc1ccccc1)C(F)(F)F. The zero-order valence-corrected chi connectivity index (χ0v) is 12.0. The van der Waals surface area contributed by atoms with E-state index < -0.39 is 24.5 Å². The Hall–Kier alpha value is -2.31. The Labute approximate surface area is 124 Å². The van der Waals surface area contributed by atoms with Gasteiger partial charge in [0.05, 0.1) is 0 Å². The van der Waals surface area contributed by atoms with Crippen LogP contribution in [0.3, 0.4) is 0 Å². The van der Waals surface area contributed by atoms with Crippen molar-refractivity contribution < 1.29 is 27.2 Å². The van der Waals surface area contributed by atoms with Crippen LogP contribution < -0.4 is 4.74 Å². The summed E-state index contributed by atoms with van der Waals surface area (Å²) in [4.78, 5) is 12.0. The minimum Gasteiger partial charge on any atom is -0.420 e. The number of hydrogen-bond acceptors (Lipinski definition) is 4. The maximum absolute atomic E-state index is 13.1. The first-order valence-corrected chi connectivity index (χ1v) is 6.54. The van der Waals surface area contributed by atoms with Crippen LogP contribution in [0.5, 0.6) is 5.75 Å². The van der Waals surface area contributed by atoms with Gasteiger partial charge < -0.3 is 9.26 Å². The monoisotopic (exact) mass is 313 g/mol. The van der Waals surface area contributed by atoms with Crippen molar-refractivity contribution in [3.05, 3.63) is 47.3 Å². The lowest BCUT2D eigenvalue weighted by Gasteiger charge is -2.18. The summed E-state index contributed by atoms with van der Waals surface area (Å²) >= 11 is 0. The van der Waals surface area contributed by atoms with Crippen LogP contribution in [-0.2, 0) is 11.2 Å². The lowest BCUT2D eigenvalue weighted by Crippen LogP contribution is -2.35. The molecule has 0 N–H and O–H groups in total. The molecule has 2 aromatic rings. The Bertz CT molecular complexity index is 630. The predicted molar refractivity (Wildman–Crippen MR) is 71.3 cm³/mol. The Kier molecular flexibility index (Phi) is 4.54. The molecule has 0 radical (unpaired) electrons. The van der Waals surface area contributed by atoms with Crippen LogP contribution in [0.2, 0.25) is 0 Å². The van der Waals surface area contributed by atoms with Gasteiger partial charge in [0.25, 0.3) is 0 Å². The van der Waals surface area contributed by atoms with E-state index in [0.717, 1.165) is 0 Å². The number of halogens is 3. The summed E-state index contributed by atoms with van der Waals surface area (Å²) in [5.74, 6) is -3.52. The second-order valence-electron chi connectivity index (χ2n) is 4.86. The van der Waals surface area contributed by atoms with Crippen LogP contribution in [0.15, 0.2) is 34.9 Å². The highest BCUT2D eigenvalue weighted by Gasteiger charge is 2.46. The average Bonchev–Trinajstić information content (AvgIpc) is 2.76. The maximum atomic E-state index is 13.1. The van der Waals surface area contributed by atoms with Gasteiger partial charge in [0.15, 0.2) is 17.4 Å². The number of carbonyl (C=O) groups excluding carboxylic acids is 1. The van der Waals surface area contributed by atoms with E-state index in [-0.39, 0.29) is 17.2 Å². The fourth-order valence-electron chi connectivity index (χ4n) is 1.97. The molecule has 1 aromatic carbocycles. The normalized spacial score (nSPS) is 13.0. The molecule has 1 aromatic heterocycles. The molecule has 2 rings (SSSR count). The number of carbonyl (C=O) groups is 1. The third-order valence-electron chi connectivity index (χ3n) is 3.13. The van der Waals surface area contributed by atoms with Crippen molar-refractivity contribution in [3.63, 3.8) is 0 Å². The van der Waals surface area contributed by atoms with E-state index in [4.69, 9.17) is 9.26 Å². The van der Waals surface area contributed by atoms with Gasteiger partial charge in [-0.3, -0.25) is 4.79 Å². The van der Waals surface area contributed by atoms with Crippen molar-refractivity contribution in [2.75, 3.05) is 0 Å². The molecule has 0 saturated heterocycles. The molecular formula is C15H14F3NO3. The zero-order chi connectivity index (χ0) is 16.3. The smallest absolute Gasteiger partial charge is 0.402 e. The molecule has 0 saturated carbocycles. The lowest BCUT2D eigenvalue weighted by atomic mass is 9.99. The van der Waals surface area contributed by atoms with Crippen molar-refractivity contribution >= 4 is 5.97 Å². The number of hydrogen-bond donors (Lipinski definition) is 0. The average molecular weight is 313 g/mol. The van der Waals surface area contributed by atoms with Crippen molar-refractivity contribution in [3.8, 4) is 5.75 Å². The van der Waals surface area contributed by atoms with Crippen LogP contribution in [0, 0.1) is 19.8 Å². The van der Waals surface area contributed by atoms with Gasteiger partial charge in [0, 0.05) is 6.92 Å². The Morgan fingerprint density at radius 2 is 1.91 bits per heavy atom. The molecule has 118 valence electrons. The highest BCUT2D eigenvalue weighted by molar-refractivity contribution is 5.76. The molecule has 0 aliphatic carbocycles. The van der Waals surface area contributed by atoms with Crippen molar-refractivity contribution in [1.29, 1.82) is 0 Å². The molecule has 0 spiro atoms. The summed E-state index contributed by atoms with van der Waals surface area (Å²) in [7, 11) is 0. The summed E-state index contributed by atoms with van der Waals surface area (Å²) in [5.41, 5.74) is 0.632. The van der Waals surface area contributed by atoms with Crippen LogP contribution >= 0.6 is 0 Å². The minimum absolute atomic E-state index is 0.0627. The highest BCUT2D eigenvalue weighted by Crippen LogP contribution is 2.32. The van der Waals surface area contributed by atoms with Gasteiger partial charge in [-0.25, -0.2) is 0 Å². The van der Waals surface area contributed by atoms with Crippen LogP contribution in [0.4, 0.5) is 13.2 Å². The number of rotatable bonds is 4. The number of nitrogens with zero attached hydrogens (tertiary/aromatic N) is 1. The molecule has 7 heteroatoms. The molecule has 0 aliphatic rings. The Morgan fingerprint density at radius 3 is 2.41 bits per heavy atom. The van der Waals surface area contributed by atoms with Gasteiger partial charge >= 0.3 is 12.1 Å². The van der Waals surface area contributed by atoms with Gasteiger partial charge in [-0.1, -0.05) is 35.5 Å². The lowest BCUT2D eigenvalue weighted by molar-refractivity contribution is -0.191. The topological polar surface area (TPSA) is 52.3 Å². The molecule has 22 heavy (non-hydrogen) atoms. The molecule has 1 heterocycles. The largest absolute Gasteiger partial charge is 0.420 e. The minimum atomic E-state index is -4.70. The predicted octanol–water partition coefficient (Wildman–Crippen LogP) is 3.62. The van der Waals surface area contributed by atoms with E-state index in [1.807, 2.05) is 0 Å². The molecule has 0 aliphatic heterocycles. The molecule has 0 bridgehead atoms. The molecule has 0 unspecified atom stereocenters. The van der Waals surface area contributed by atoms with E-state index in [1.54, 1.807) is 18.2 Å². The Balaban J connectivity index is 2.21. The third-order valence-corrected chi connectivity index (χ3v) is 3.13. The van der Waals surface area contributed by atoms with Gasteiger partial charge in [-0.2, -0.15) is 13.2 Å². The molecule has 0 fully saturated rings. The number of aryl methyl sites for hydroxylation is 2. The first-order valence-electron chi connectivity index (χ1n) is 6.54. The van der Waals surface area contributed by atoms with E-state index >= 15 is 0 Å². The van der Waals surface area contributed by atoms with Crippen LogP contribution in [0.1, 0.15) is 17.0 Å². The van der Waals surface area contributed by atoms with Crippen LogP contribution in [-0.4, -0.2) is 17.3 Å². The number of esters is 1. The van der Waals surface area contributed by atoms with E-state index in [1.165, 1.54) is 26.0 Å². The van der Waals surface area contributed by atoms with Gasteiger partial charge in [0.1, 0.15) is 5.69 Å². The Morgan fingerprint density at radius 1 is 1.27 bits per heavy atom. The van der Waals surface area contributed by atoms with Gasteiger partial charge in [-0.15, -0.1) is 0 Å². The summed E-state index contributed by atoms with van der Waals surface area (Å²) in [6.07, 6.45) is -5.18. The number of benzene rings is 1. The van der Waals surface area contributed by atoms with Crippen molar-refractivity contribution in [2.45, 2.75) is 26.4 Å². The molecular weight excluding hydrogens is 299 g/mol. The first-order chi connectivity index (χ1) is 10.3. The first kappa shape index (κ1) is 16.1. The van der Waals surface area contributed by atoms with E-state index in [2.05, 4.69) is 5.16 Å². The number of alkyl halides is 3. The van der Waals surface area contributed by atoms with Crippen LogP contribution in [0.25, 0.3) is 0 Å². The second-order valence-corrected chi connectivity index (χ2v) is 4.86. The van der Waals surface area contributed by atoms with Gasteiger partial charge in [-0.05, 0) is 18.9 Å². The summed E-state index contributed by atoms with van der Waals surface area (Å²) < 4.78 is 49.1. The number of ether oxygens (including phenoxy) is 1. The third kappa shape index (κ3) is 3.66. The fourth-order valence-corrected chi connectivity index (χ4v) is 1.97. The molecule has 4 nitrogen and oxygen atoms in total. The molecule has 0 amide bonds. The van der Waals surface area contributed by atoms with E-state index in [9.17, 15) is 18.0 Å². The number of aromatic nitrogens is 1. The molecule has 1 atom stereocenters. The maximum Gasteiger partial charge on any atom is 0.402 e. The quantitative estimate of drug-likeness (QED) is 0.809.